The van der Waals surface area contributed by atoms with E-state index in [1.165, 1.54) is 31.2 Å². The molecule has 1 fully saturated rings. The van der Waals surface area contributed by atoms with E-state index in [4.69, 9.17) is 14.7 Å². The smallest absolute Gasteiger partial charge is 0.163 e. The van der Waals surface area contributed by atoms with E-state index in [9.17, 15) is 0 Å². The monoisotopic (exact) mass is 275 g/mol. The molecule has 4 nitrogen and oxygen atoms in total. The molecule has 0 bridgehead atoms. The first-order chi connectivity index (χ1) is 9.75. The Labute approximate surface area is 120 Å². The Balaban J connectivity index is 2.27. The summed E-state index contributed by atoms with van der Waals surface area (Å²) in [5.41, 5.74) is 1.48. The van der Waals surface area contributed by atoms with Gasteiger partial charge in [-0.1, -0.05) is 18.9 Å². The van der Waals surface area contributed by atoms with Gasteiger partial charge in [0.05, 0.1) is 20.8 Å². The first kappa shape index (κ1) is 14.7. The predicted octanol–water partition coefficient (Wildman–Crippen LogP) is 1.60. The molecule has 0 unspecified atom stereocenters. The molecule has 1 aromatic carbocycles. The first-order valence-electron chi connectivity index (χ1n) is 7.17. The molecule has 4 heteroatoms. The van der Waals surface area contributed by atoms with Crippen LogP contribution in [0.25, 0.3) is 0 Å². The third-order valence-corrected chi connectivity index (χ3v) is 4.33. The second-order valence-corrected chi connectivity index (χ2v) is 5.41. The van der Waals surface area contributed by atoms with Crippen molar-refractivity contribution < 1.29 is 14.8 Å². The van der Waals surface area contributed by atoms with Crippen LogP contribution in [-0.2, 0) is 5.41 Å². The van der Waals surface area contributed by atoms with Crippen molar-refractivity contribution in [1.29, 1.82) is 5.26 Å². The highest BCUT2D eigenvalue weighted by molar-refractivity contribution is 5.45. The third-order valence-electron chi connectivity index (χ3n) is 4.33. The molecule has 0 heterocycles. The SMILES string of the molecule is COc1ccc(C2(C[NH2+]CC#N)CCCC2)cc1OC. The molecular formula is C16H23N2O2+. The molecule has 1 aliphatic carbocycles. The molecule has 0 amide bonds. The predicted molar refractivity (Wildman–Crippen MR) is 77.0 cm³/mol. The van der Waals surface area contributed by atoms with Gasteiger partial charge in [0.2, 0.25) is 0 Å². The summed E-state index contributed by atoms with van der Waals surface area (Å²) in [6, 6.07) is 8.43. The van der Waals surface area contributed by atoms with E-state index in [1.54, 1.807) is 14.2 Å². The molecule has 0 aliphatic heterocycles. The van der Waals surface area contributed by atoms with Crippen LogP contribution in [-0.4, -0.2) is 27.3 Å². The van der Waals surface area contributed by atoms with Crippen LogP contribution in [0.2, 0.25) is 0 Å². The van der Waals surface area contributed by atoms with Crippen LogP contribution >= 0.6 is 0 Å². The number of hydrogen-bond donors (Lipinski definition) is 1. The first-order valence-corrected chi connectivity index (χ1v) is 7.17. The van der Waals surface area contributed by atoms with Gasteiger partial charge >= 0.3 is 0 Å². The van der Waals surface area contributed by atoms with Crippen LogP contribution in [0.4, 0.5) is 0 Å². The zero-order chi connectivity index (χ0) is 14.4. The number of rotatable bonds is 6. The summed E-state index contributed by atoms with van der Waals surface area (Å²) in [7, 11) is 3.33. The van der Waals surface area contributed by atoms with Crippen molar-refractivity contribution in [3.05, 3.63) is 23.8 Å². The Kier molecular flexibility index (Phi) is 4.86. The Morgan fingerprint density at radius 3 is 2.50 bits per heavy atom. The highest BCUT2D eigenvalue weighted by atomic mass is 16.5. The van der Waals surface area contributed by atoms with Gasteiger partial charge in [0.1, 0.15) is 6.07 Å². The molecule has 0 radical (unpaired) electrons. The maximum absolute atomic E-state index is 8.73. The van der Waals surface area contributed by atoms with E-state index in [0.717, 1.165) is 18.0 Å². The molecule has 2 rings (SSSR count). The van der Waals surface area contributed by atoms with Crippen molar-refractivity contribution >= 4 is 0 Å². The minimum absolute atomic E-state index is 0.177. The van der Waals surface area contributed by atoms with Gasteiger partial charge in [0.25, 0.3) is 0 Å². The summed E-state index contributed by atoms with van der Waals surface area (Å²) in [5, 5.41) is 10.8. The second kappa shape index (κ2) is 6.62. The number of nitriles is 1. The number of nitrogens with two attached hydrogens (primary N) is 1. The fraction of sp³-hybridized carbons (Fsp3) is 0.562. The number of methoxy groups -OCH3 is 2. The van der Waals surface area contributed by atoms with Crippen molar-refractivity contribution in [1.82, 2.24) is 0 Å². The highest BCUT2D eigenvalue weighted by Crippen LogP contribution is 2.42. The molecule has 1 aliphatic rings. The number of ether oxygens (including phenoxy) is 2. The molecule has 108 valence electrons. The van der Waals surface area contributed by atoms with Gasteiger partial charge in [-0.25, -0.2) is 0 Å². The van der Waals surface area contributed by atoms with E-state index in [2.05, 4.69) is 23.5 Å². The fourth-order valence-corrected chi connectivity index (χ4v) is 3.24. The third kappa shape index (κ3) is 2.88. The van der Waals surface area contributed by atoms with Crippen LogP contribution in [0.3, 0.4) is 0 Å². The lowest BCUT2D eigenvalue weighted by molar-refractivity contribution is -0.651. The molecule has 0 aromatic heterocycles. The second-order valence-electron chi connectivity index (χ2n) is 5.41. The molecule has 0 saturated heterocycles. The number of hydrogen-bond acceptors (Lipinski definition) is 3. The lowest BCUT2D eigenvalue weighted by atomic mass is 9.78. The normalized spacial score (nSPS) is 16.6. The summed E-state index contributed by atoms with van der Waals surface area (Å²) in [6.45, 7) is 1.49. The van der Waals surface area contributed by atoms with Gasteiger partial charge in [-0.15, -0.1) is 0 Å². The molecule has 1 saturated carbocycles. The summed E-state index contributed by atoms with van der Waals surface area (Å²) in [5.74, 6) is 1.56. The minimum atomic E-state index is 0.177. The average Bonchev–Trinajstić information content (AvgIpc) is 2.97. The van der Waals surface area contributed by atoms with E-state index in [-0.39, 0.29) is 5.41 Å². The Bertz CT molecular complexity index is 488. The molecule has 1 aromatic rings. The van der Waals surface area contributed by atoms with Crippen molar-refractivity contribution in [2.45, 2.75) is 31.1 Å². The topological polar surface area (TPSA) is 58.9 Å². The molecule has 0 spiro atoms. The van der Waals surface area contributed by atoms with Gasteiger partial charge < -0.3 is 14.8 Å². The zero-order valence-electron chi connectivity index (χ0n) is 12.3. The summed E-state index contributed by atoms with van der Waals surface area (Å²) in [4.78, 5) is 0. The number of benzene rings is 1. The van der Waals surface area contributed by atoms with Crippen molar-refractivity contribution in [3.8, 4) is 17.6 Å². The van der Waals surface area contributed by atoms with Crippen LogP contribution in [0.1, 0.15) is 31.2 Å². The van der Waals surface area contributed by atoms with Gasteiger partial charge in [0.15, 0.2) is 18.0 Å². The lowest BCUT2D eigenvalue weighted by Crippen LogP contribution is -2.87. The standard InChI is InChI=1S/C16H22N2O2/c1-19-14-6-5-13(11-15(14)20-2)16(7-3-4-8-16)12-18-10-9-17/h5-6,11,18H,3-4,7-8,10,12H2,1-2H3/p+1. The number of nitrogens with zero attached hydrogens (tertiary/aromatic N) is 1. The van der Waals surface area contributed by atoms with Crippen LogP contribution in [0, 0.1) is 11.3 Å². The lowest BCUT2D eigenvalue weighted by Gasteiger charge is -2.28. The summed E-state index contributed by atoms with van der Waals surface area (Å²) >= 11 is 0. The quantitative estimate of drug-likeness (QED) is 0.634. The maximum Gasteiger partial charge on any atom is 0.163 e. The van der Waals surface area contributed by atoms with Crippen molar-refractivity contribution in [3.63, 3.8) is 0 Å². The molecule has 0 atom stereocenters. The Hall–Kier alpha value is -1.73. The van der Waals surface area contributed by atoms with E-state index >= 15 is 0 Å². The van der Waals surface area contributed by atoms with Crippen LogP contribution in [0.15, 0.2) is 18.2 Å². The largest absolute Gasteiger partial charge is 0.493 e. The molecular weight excluding hydrogens is 252 g/mol. The zero-order valence-corrected chi connectivity index (χ0v) is 12.3. The van der Waals surface area contributed by atoms with Gasteiger partial charge in [-0.2, -0.15) is 5.26 Å². The van der Waals surface area contributed by atoms with Crippen LogP contribution < -0.4 is 14.8 Å². The van der Waals surface area contributed by atoms with Crippen LogP contribution in [0.5, 0.6) is 11.5 Å². The molecule has 20 heavy (non-hydrogen) atoms. The van der Waals surface area contributed by atoms with Gasteiger partial charge in [-0.3, -0.25) is 0 Å². The molecule has 2 N–H and O–H groups in total. The fourth-order valence-electron chi connectivity index (χ4n) is 3.24. The highest BCUT2D eigenvalue weighted by Gasteiger charge is 2.37. The van der Waals surface area contributed by atoms with Gasteiger partial charge in [-0.05, 0) is 30.5 Å². The van der Waals surface area contributed by atoms with Gasteiger partial charge in [0, 0.05) is 5.41 Å². The van der Waals surface area contributed by atoms with Crippen molar-refractivity contribution in [2.75, 3.05) is 27.3 Å². The maximum atomic E-state index is 8.73. The minimum Gasteiger partial charge on any atom is -0.493 e. The summed E-state index contributed by atoms with van der Waals surface area (Å²) < 4.78 is 10.7. The Morgan fingerprint density at radius 1 is 1.20 bits per heavy atom. The van der Waals surface area contributed by atoms with E-state index in [1.807, 2.05) is 6.07 Å². The van der Waals surface area contributed by atoms with E-state index in [0.29, 0.717) is 6.54 Å². The summed E-state index contributed by atoms with van der Waals surface area (Å²) in [6.07, 6.45) is 4.89. The van der Waals surface area contributed by atoms with Crippen molar-refractivity contribution in [2.24, 2.45) is 0 Å². The average molecular weight is 275 g/mol. The van der Waals surface area contributed by atoms with E-state index < -0.39 is 0 Å². The Morgan fingerprint density at radius 2 is 1.90 bits per heavy atom. The number of quaternary nitrogens is 1.